The Bertz CT molecular complexity index is 619. The van der Waals surface area contributed by atoms with Crippen molar-refractivity contribution in [2.24, 2.45) is 0 Å². The summed E-state index contributed by atoms with van der Waals surface area (Å²) in [6.45, 7) is 0.357. The predicted octanol–water partition coefficient (Wildman–Crippen LogP) is 0.640. The van der Waals surface area contributed by atoms with E-state index in [0.717, 1.165) is 5.39 Å². The number of aliphatic hydroxyl groups excluding tert-OH is 1. The van der Waals surface area contributed by atoms with Crippen LogP contribution in [0.1, 0.15) is 16.8 Å². The first-order chi connectivity index (χ1) is 8.72. The number of fused-ring (bicyclic) bond motifs is 1. The van der Waals surface area contributed by atoms with Gasteiger partial charge in [-0.15, -0.1) is 0 Å². The second-order valence-corrected chi connectivity index (χ2v) is 3.93. The molecule has 0 unspecified atom stereocenters. The van der Waals surface area contributed by atoms with Crippen molar-refractivity contribution in [2.45, 2.75) is 6.42 Å². The van der Waals surface area contributed by atoms with E-state index in [0.29, 0.717) is 18.5 Å². The molecule has 0 saturated heterocycles. The molecule has 0 aliphatic carbocycles. The number of aromatic nitrogens is 1. The molecule has 0 aliphatic rings. The van der Waals surface area contributed by atoms with Gasteiger partial charge in [-0.2, -0.15) is 0 Å². The number of hydrogen-bond donors (Lipinski definition) is 3. The van der Waals surface area contributed by atoms with Crippen molar-refractivity contribution in [3.05, 3.63) is 46.2 Å². The zero-order chi connectivity index (χ0) is 13.0. The van der Waals surface area contributed by atoms with Gasteiger partial charge in [0.15, 0.2) is 0 Å². The lowest BCUT2D eigenvalue weighted by Crippen LogP contribution is -2.30. The molecule has 1 amide bonds. The fraction of sp³-hybridized carbons (Fsp3) is 0.231. The number of pyridine rings is 1. The number of H-pyrrole nitrogens is 1. The number of aliphatic hydroxyl groups is 1. The first-order valence-electron chi connectivity index (χ1n) is 5.73. The van der Waals surface area contributed by atoms with Gasteiger partial charge in [0, 0.05) is 18.7 Å². The molecule has 1 aromatic carbocycles. The number of carbonyl (C=O) groups excluding carboxylic acids is 1. The standard InChI is InChI=1S/C13H14N2O3/c16-7-3-6-14-12(17)10-8-9-4-1-2-5-11(9)15-13(10)18/h1-2,4-5,8,16H,3,6-7H2,(H,14,17)(H,15,18). The van der Waals surface area contributed by atoms with Crippen LogP contribution in [-0.4, -0.2) is 29.1 Å². The fourth-order valence-electron chi connectivity index (χ4n) is 1.69. The van der Waals surface area contributed by atoms with Gasteiger partial charge in [-0.3, -0.25) is 9.59 Å². The van der Waals surface area contributed by atoms with Crippen molar-refractivity contribution in [1.29, 1.82) is 0 Å². The van der Waals surface area contributed by atoms with Gasteiger partial charge < -0.3 is 15.4 Å². The molecular formula is C13H14N2O3. The molecule has 1 aromatic heterocycles. The predicted molar refractivity (Wildman–Crippen MR) is 68.6 cm³/mol. The van der Waals surface area contributed by atoms with Crippen molar-refractivity contribution in [3.8, 4) is 0 Å². The van der Waals surface area contributed by atoms with Gasteiger partial charge in [-0.05, 0) is 23.9 Å². The average Bonchev–Trinajstić information content (AvgIpc) is 2.38. The molecule has 0 bridgehead atoms. The molecule has 0 saturated carbocycles. The smallest absolute Gasteiger partial charge is 0.261 e. The summed E-state index contributed by atoms with van der Waals surface area (Å²) in [5.41, 5.74) is 0.385. The van der Waals surface area contributed by atoms with Crippen LogP contribution in [0.15, 0.2) is 35.1 Å². The monoisotopic (exact) mass is 246 g/mol. The summed E-state index contributed by atoms with van der Waals surface area (Å²) in [5.74, 6) is -0.421. The van der Waals surface area contributed by atoms with Crippen LogP contribution in [-0.2, 0) is 0 Å². The molecule has 0 fully saturated rings. The molecule has 0 spiro atoms. The minimum Gasteiger partial charge on any atom is -0.396 e. The normalized spacial score (nSPS) is 10.5. The highest BCUT2D eigenvalue weighted by atomic mass is 16.3. The third kappa shape index (κ3) is 2.57. The van der Waals surface area contributed by atoms with Gasteiger partial charge in [0.25, 0.3) is 11.5 Å². The molecule has 18 heavy (non-hydrogen) atoms. The molecule has 0 atom stereocenters. The Labute approximate surface area is 103 Å². The van der Waals surface area contributed by atoms with Crippen molar-refractivity contribution in [2.75, 3.05) is 13.2 Å². The topological polar surface area (TPSA) is 82.2 Å². The summed E-state index contributed by atoms with van der Waals surface area (Å²) in [4.78, 5) is 26.2. The van der Waals surface area contributed by atoms with Gasteiger partial charge in [0.2, 0.25) is 0 Å². The maximum Gasteiger partial charge on any atom is 0.261 e. The van der Waals surface area contributed by atoms with E-state index in [9.17, 15) is 9.59 Å². The lowest BCUT2D eigenvalue weighted by molar-refractivity contribution is 0.0950. The van der Waals surface area contributed by atoms with Crippen LogP contribution in [0.25, 0.3) is 10.9 Å². The summed E-state index contributed by atoms with van der Waals surface area (Å²) < 4.78 is 0. The van der Waals surface area contributed by atoms with E-state index in [1.54, 1.807) is 12.1 Å². The third-order valence-corrected chi connectivity index (χ3v) is 2.62. The van der Waals surface area contributed by atoms with E-state index in [4.69, 9.17) is 5.11 Å². The van der Waals surface area contributed by atoms with Gasteiger partial charge in [-0.1, -0.05) is 18.2 Å². The number of nitrogens with one attached hydrogen (secondary N) is 2. The molecule has 5 heteroatoms. The van der Waals surface area contributed by atoms with E-state index in [1.807, 2.05) is 18.2 Å². The molecule has 0 aliphatic heterocycles. The number of rotatable bonds is 4. The summed E-state index contributed by atoms with van der Waals surface area (Å²) in [6, 6.07) is 8.84. The highest BCUT2D eigenvalue weighted by Gasteiger charge is 2.10. The Kier molecular flexibility index (Phi) is 3.74. The Morgan fingerprint density at radius 1 is 1.33 bits per heavy atom. The molecule has 2 aromatic rings. The van der Waals surface area contributed by atoms with E-state index in [1.165, 1.54) is 0 Å². The minimum atomic E-state index is -0.421. The highest BCUT2D eigenvalue weighted by Crippen LogP contribution is 2.09. The first kappa shape index (κ1) is 12.3. The molecule has 1 heterocycles. The Balaban J connectivity index is 2.30. The number of benzene rings is 1. The van der Waals surface area contributed by atoms with Gasteiger partial charge >= 0.3 is 0 Å². The quantitative estimate of drug-likeness (QED) is 0.692. The SMILES string of the molecule is O=C(NCCCO)c1cc2ccccc2[nH]c1=O. The van der Waals surface area contributed by atoms with E-state index >= 15 is 0 Å². The highest BCUT2D eigenvalue weighted by molar-refractivity contribution is 5.97. The molecular weight excluding hydrogens is 232 g/mol. The van der Waals surface area contributed by atoms with Gasteiger partial charge in [0.05, 0.1) is 0 Å². The molecule has 5 nitrogen and oxygen atoms in total. The lowest BCUT2D eigenvalue weighted by atomic mass is 10.1. The maximum atomic E-state index is 11.8. The molecule has 2 rings (SSSR count). The second kappa shape index (κ2) is 5.46. The number of hydrogen-bond acceptors (Lipinski definition) is 3. The second-order valence-electron chi connectivity index (χ2n) is 3.93. The van der Waals surface area contributed by atoms with Crippen molar-refractivity contribution >= 4 is 16.8 Å². The van der Waals surface area contributed by atoms with E-state index < -0.39 is 11.5 Å². The van der Waals surface area contributed by atoms with E-state index in [-0.39, 0.29) is 12.2 Å². The zero-order valence-corrected chi connectivity index (χ0v) is 9.77. The third-order valence-electron chi connectivity index (χ3n) is 2.62. The number of amides is 1. The largest absolute Gasteiger partial charge is 0.396 e. The summed E-state index contributed by atoms with van der Waals surface area (Å²) in [5, 5.41) is 12.0. The van der Waals surface area contributed by atoms with Crippen LogP contribution in [0.5, 0.6) is 0 Å². The van der Waals surface area contributed by atoms with Crippen molar-refractivity contribution < 1.29 is 9.90 Å². The van der Waals surface area contributed by atoms with E-state index in [2.05, 4.69) is 10.3 Å². The Hall–Kier alpha value is -2.14. The van der Waals surface area contributed by atoms with Crippen LogP contribution < -0.4 is 10.9 Å². The van der Waals surface area contributed by atoms with Crippen molar-refractivity contribution in [3.63, 3.8) is 0 Å². The maximum absolute atomic E-state index is 11.8. The fourth-order valence-corrected chi connectivity index (χ4v) is 1.69. The number of para-hydroxylation sites is 1. The lowest BCUT2D eigenvalue weighted by Gasteiger charge is -2.04. The van der Waals surface area contributed by atoms with Crippen LogP contribution in [0, 0.1) is 0 Å². The van der Waals surface area contributed by atoms with Crippen LogP contribution in [0.2, 0.25) is 0 Å². The molecule has 0 radical (unpaired) electrons. The zero-order valence-electron chi connectivity index (χ0n) is 9.77. The van der Waals surface area contributed by atoms with Crippen LogP contribution >= 0.6 is 0 Å². The Morgan fingerprint density at radius 3 is 2.89 bits per heavy atom. The van der Waals surface area contributed by atoms with Gasteiger partial charge in [0.1, 0.15) is 5.56 Å². The minimum absolute atomic E-state index is 0.00829. The molecule has 94 valence electrons. The average molecular weight is 246 g/mol. The summed E-state index contributed by atoms with van der Waals surface area (Å²) in [6.07, 6.45) is 0.469. The summed E-state index contributed by atoms with van der Waals surface area (Å²) >= 11 is 0. The van der Waals surface area contributed by atoms with Gasteiger partial charge in [-0.25, -0.2) is 0 Å². The number of aromatic amines is 1. The number of carbonyl (C=O) groups is 1. The first-order valence-corrected chi connectivity index (χ1v) is 5.73. The molecule has 3 N–H and O–H groups in total. The van der Waals surface area contributed by atoms with Crippen LogP contribution in [0.4, 0.5) is 0 Å². The summed E-state index contributed by atoms with van der Waals surface area (Å²) in [7, 11) is 0. The van der Waals surface area contributed by atoms with Crippen molar-refractivity contribution in [1.82, 2.24) is 10.3 Å². The Morgan fingerprint density at radius 2 is 2.11 bits per heavy atom. The van der Waals surface area contributed by atoms with Crippen LogP contribution in [0.3, 0.4) is 0 Å².